The normalized spacial score (nSPS) is 12.4. The molecule has 2 heterocycles. The molecule has 0 aromatic carbocycles. The van der Waals surface area contributed by atoms with Crippen molar-refractivity contribution in [3.8, 4) is 0 Å². The van der Waals surface area contributed by atoms with Gasteiger partial charge < -0.3 is 9.30 Å². The number of esters is 1. The van der Waals surface area contributed by atoms with Crippen molar-refractivity contribution in [1.29, 1.82) is 0 Å². The number of carbonyl (C=O) groups is 1. The lowest BCUT2D eigenvalue weighted by Gasteiger charge is -2.15. The summed E-state index contributed by atoms with van der Waals surface area (Å²) >= 11 is 1.71. The molecule has 0 amide bonds. The molecule has 2 aromatic heterocycles. The van der Waals surface area contributed by atoms with Crippen molar-refractivity contribution in [2.24, 2.45) is 0 Å². The van der Waals surface area contributed by atoms with Crippen LogP contribution in [0.2, 0.25) is 0 Å². The lowest BCUT2D eigenvalue weighted by molar-refractivity contribution is 0.0503. The van der Waals surface area contributed by atoms with Gasteiger partial charge in [0.15, 0.2) is 0 Å². The second-order valence-corrected chi connectivity index (χ2v) is 5.33. The summed E-state index contributed by atoms with van der Waals surface area (Å²) in [7, 11) is 0. The third-order valence-corrected chi connectivity index (χ3v) is 3.74. The van der Waals surface area contributed by atoms with Gasteiger partial charge in [-0.15, -0.1) is 21.5 Å². The fourth-order valence-corrected chi connectivity index (χ4v) is 2.87. The highest BCUT2D eigenvalue weighted by molar-refractivity contribution is 7.09. The van der Waals surface area contributed by atoms with E-state index in [1.165, 1.54) is 4.88 Å². The molecule has 2 rings (SSSR count). The minimum Gasteiger partial charge on any atom is -0.460 e. The van der Waals surface area contributed by atoms with E-state index in [0.717, 1.165) is 12.2 Å². The average molecular weight is 279 g/mol. The van der Waals surface area contributed by atoms with Gasteiger partial charge in [-0.1, -0.05) is 6.07 Å². The van der Waals surface area contributed by atoms with E-state index < -0.39 is 5.97 Å². The van der Waals surface area contributed by atoms with Crippen molar-refractivity contribution in [2.45, 2.75) is 33.2 Å². The van der Waals surface area contributed by atoms with Gasteiger partial charge >= 0.3 is 5.97 Å². The van der Waals surface area contributed by atoms with Gasteiger partial charge in [-0.25, -0.2) is 4.79 Å². The first-order valence-electron chi connectivity index (χ1n) is 6.24. The van der Waals surface area contributed by atoms with Crippen molar-refractivity contribution >= 4 is 17.3 Å². The van der Waals surface area contributed by atoms with Gasteiger partial charge in [-0.2, -0.15) is 0 Å². The van der Waals surface area contributed by atoms with Crippen LogP contribution in [-0.4, -0.2) is 27.3 Å². The molecule has 0 aliphatic rings. The number of hydrogen-bond donors (Lipinski definition) is 0. The number of carbonyl (C=O) groups excluding carboxylic acids is 1. The maximum Gasteiger partial charge on any atom is 0.376 e. The van der Waals surface area contributed by atoms with Crippen LogP contribution in [0.4, 0.5) is 0 Å². The van der Waals surface area contributed by atoms with Crippen LogP contribution in [0.3, 0.4) is 0 Å². The standard InChI is InChI=1S/C13H17N3O2S/c1-4-18-13(17)12-15-14-10(3)16(12)9(2)8-11-6-5-7-19-11/h5-7,9H,4,8H2,1-3H3. The Kier molecular flexibility index (Phi) is 4.31. The Morgan fingerprint density at radius 1 is 1.53 bits per heavy atom. The quantitative estimate of drug-likeness (QED) is 0.789. The van der Waals surface area contributed by atoms with Crippen LogP contribution >= 0.6 is 11.3 Å². The molecule has 0 fully saturated rings. The van der Waals surface area contributed by atoms with Crippen molar-refractivity contribution < 1.29 is 9.53 Å². The van der Waals surface area contributed by atoms with E-state index >= 15 is 0 Å². The molecule has 0 radical (unpaired) electrons. The predicted octanol–water partition coefficient (Wildman–Crippen LogP) is 2.63. The summed E-state index contributed by atoms with van der Waals surface area (Å²) in [5.41, 5.74) is 0. The largest absolute Gasteiger partial charge is 0.460 e. The summed E-state index contributed by atoms with van der Waals surface area (Å²) < 4.78 is 6.85. The van der Waals surface area contributed by atoms with E-state index in [1.54, 1.807) is 18.3 Å². The summed E-state index contributed by atoms with van der Waals surface area (Å²) in [5.74, 6) is 0.594. The van der Waals surface area contributed by atoms with Crippen LogP contribution in [0.15, 0.2) is 17.5 Å². The summed E-state index contributed by atoms with van der Waals surface area (Å²) in [4.78, 5) is 13.1. The van der Waals surface area contributed by atoms with Gasteiger partial charge in [0.1, 0.15) is 5.82 Å². The Morgan fingerprint density at radius 2 is 2.32 bits per heavy atom. The second-order valence-electron chi connectivity index (χ2n) is 4.29. The first-order chi connectivity index (χ1) is 9.13. The molecule has 0 saturated heterocycles. The number of rotatable bonds is 5. The molecule has 1 atom stereocenters. The van der Waals surface area contributed by atoms with E-state index in [4.69, 9.17) is 4.74 Å². The van der Waals surface area contributed by atoms with Gasteiger partial charge in [-0.05, 0) is 32.2 Å². The molecule has 0 bridgehead atoms. The number of ether oxygens (including phenoxy) is 1. The van der Waals surface area contributed by atoms with Gasteiger partial charge in [0.05, 0.1) is 6.61 Å². The third kappa shape index (κ3) is 3.01. The number of aromatic nitrogens is 3. The van der Waals surface area contributed by atoms with Gasteiger partial charge in [0.25, 0.3) is 0 Å². The van der Waals surface area contributed by atoms with Crippen LogP contribution in [0.25, 0.3) is 0 Å². The van der Waals surface area contributed by atoms with Crippen LogP contribution in [0.5, 0.6) is 0 Å². The average Bonchev–Trinajstić information content (AvgIpc) is 2.98. The van der Waals surface area contributed by atoms with Gasteiger partial charge in [-0.3, -0.25) is 0 Å². The Balaban J connectivity index is 2.23. The SMILES string of the molecule is CCOC(=O)c1nnc(C)n1C(C)Cc1cccs1. The Morgan fingerprint density at radius 3 is 2.95 bits per heavy atom. The third-order valence-electron chi connectivity index (χ3n) is 2.84. The molecule has 5 nitrogen and oxygen atoms in total. The molecule has 102 valence electrons. The van der Waals surface area contributed by atoms with Crippen molar-refractivity contribution in [2.75, 3.05) is 6.61 Å². The van der Waals surface area contributed by atoms with E-state index in [9.17, 15) is 4.79 Å². The van der Waals surface area contributed by atoms with Crippen molar-refractivity contribution in [1.82, 2.24) is 14.8 Å². The van der Waals surface area contributed by atoms with E-state index in [1.807, 2.05) is 22.9 Å². The summed E-state index contributed by atoms with van der Waals surface area (Å²) in [6.45, 7) is 6.02. The molecule has 0 aliphatic heterocycles. The zero-order valence-electron chi connectivity index (χ0n) is 11.3. The second kappa shape index (κ2) is 5.97. The Hall–Kier alpha value is -1.69. The highest BCUT2D eigenvalue weighted by Gasteiger charge is 2.21. The fourth-order valence-electron chi connectivity index (χ4n) is 2.04. The summed E-state index contributed by atoms with van der Waals surface area (Å²) in [6, 6.07) is 4.23. The topological polar surface area (TPSA) is 57.0 Å². The van der Waals surface area contributed by atoms with Crippen LogP contribution in [0.1, 0.15) is 41.2 Å². The van der Waals surface area contributed by atoms with Crippen LogP contribution in [0, 0.1) is 6.92 Å². The van der Waals surface area contributed by atoms with E-state index in [0.29, 0.717) is 6.61 Å². The zero-order chi connectivity index (χ0) is 13.8. The van der Waals surface area contributed by atoms with Crippen LogP contribution in [-0.2, 0) is 11.2 Å². The van der Waals surface area contributed by atoms with E-state index in [2.05, 4.69) is 23.2 Å². The van der Waals surface area contributed by atoms with Crippen molar-refractivity contribution in [3.05, 3.63) is 34.0 Å². The molecule has 2 aromatic rings. The molecular weight excluding hydrogens is 262 g/mol. The number of aryl methyl sites for hydroxylation is 1. The highest BCUT2D eigenvalue weighted by Crippen LogP contribution is 2.20. The Bertz CT molecular complexity index is 548. The lowest BCUT2D eigenvalue weighted by atomic mass is 10.2. The highest BCUT2D eigenvalue weighted by atomic mass is 32.1. The number of thiophene rings is 1. The maximum atomic E-state index is 11.8. The van der Waals surface area contributed by atoms with Crippen molar-refractivity contribution in [3.63, 3.8) is 0 Å². The van der Waals surface area contributed by atoms with Gasteiger partial charge in [0, 0.05) is 17.3 Å². The first kappa shape index (κ1) is 13.7. The molecule has 0 N–H and O–H groups in total. The first-order valence-corrected chi connectivity index (χ1v) is 7.12. The maximum absolute atomic E-state index is 11.8. The fraction of sp³-hybridized carbons (Fsp3) is 0.462. The Labute approximate surface area is 116 Å². The molecular formula is C13H17N3O2S. The number of nitrogens with zero attached hydrogens (tertiary/aromatic N) is 3. The van der Waals surface area contributed by atoms with Crippen LogP contribution < -0.4 is 0 Å². The predicted molar refractivity (Wildman–Crippen MR) is 73.4 cm³/mol. The monoisotopic (exact) mass is 279 g/mol. The smallest absolute Gasteiger partial charge is 0.376 e. The minimum atomic E-state index is -0.416. The molecule has 1 unspecified atom stereocenters. The van der Waals surface area contributed by atoms with E-state index in [-0.39, 0.29) is 11.9 Å². The minimum absolute atomic E-state index is 0.119. The molecule has 6 heteroatoms. The molecule has 19 heavy (non-hydrogen) atoms. The molecule has 0 saturated carbocycles. The van der Waals surface area contributed by atoms with Gasteiger partial charge in [0.2, 0.25) is 5.82 Å². The summed E-state index contributed by atoms with van der Waals surface area (Å²) in [5, 5.41) is 9.96. The lowest BCUT2D eigenvalue weighted by Crippen LogP contribution is -2.18. The zero-order valence-corrected chi connectivity index (χ0v) is 12.1. The molecule has 0 spiro atoms. The molecule has 0 aliphatic carbocycles. The summed E-state index contributed by atoms with van der Waals surface area (Å²) in [6.07, 6.45) is 0.850. The number of hydrogen-bond acceptors (Lipinski definition) is 5.